The Morgan fingerprint density at radius 3 is 2.32 bits per heavy atom. The summed E-state index contributed by atoms with van der Waals surface area (Å²) in [5.41, 5.74) is 4.64. The van der Waals surface area contributed by atoms with Gasteiger partial charge in [-0.2, -0.15) is 0 Å². The van der Waals surface area contributed by atoms with E-state index in [1.807, 2.05) is 72.8 Å². The third-order valence-corrected chi connectivity index (χ3v) is 4.71. The molecule has 3 rings (SSSR count). The maximum absolute atomic E-state index is 12.9. The molecule has 0 heterocycles. The molecule has 0 aromatic heterocycles. The molecule has 0 aliphatic carbocycles. The topological polar surface area (TPSA) is 32.3 Å². The van der Waals surface area contributed by atoms with Crippen LogP contribution in [0, 0.1) is 0 Å². The van der Waals surface area contributed by atoms with Crippen molar-refractivity contribution in [2.45, 2.75) is 13.5 Å². The molecule has 142 valence electrons. The largest absolute Gasteiger partial charge is 0.322 e. The summed E-state index contributed by atoms with van der Waals surface area (Å²) in [6, 6.07) is 25.7. The highest BCUT2D eigenvalue weighted by atomic mass is 16.1. The van der Waals surface area contributed by atoms with E-state index < -0.39 is 0 Å². The first kappa shape index (κ1) is 19.6. The third-order valence-electron chi connectivity index (χ3n) is 4.71. The average Bonchev–Trinajstić information content (AvgIpc) is 2.75. The predicted molar refractivity (Wildman–Crippen MR) is 117 cm³/mol. The summed E-state index contributed by atoms with van der Waals surface area (Å²) in [5, 5.41) is 3.02. The quantitative estimate of drug-likeness (QED) is 0.522. The Morgan fingerprint density at radius 1 is 0.964 bits per heavy atom. The number of amides is 1. The van der Waals surface area contributed by atoms with Crippen molar-refractivity contribution in [3.8, 4) is 11.1 Å². The van der Waals surface area contributed by atoms with Crippen LogP contribution in [-0.4, -0.2) is 23.9 Å². The number of likely N-dealkylation sites (N-methyl/N-ethyl adjacent to an activating group) is 1. The van der Waals surface area contributed by atoms with Gasteiger partial charge in [0.2, 0.25) is 0 Å². The van der Waals surface area contributed by atoms with Crippen LogP contribution in [0.4, 0.5) is 5.69 Å². The summed E-state index contributed by atoms with van der Waals surface area (Å²) < 4.78 is 0. The number of rotatable bonds is 8. The van der Waals surface area contributed by atoms with Crippen molar-refractivity contribution in [3.05, 3.63) is 103 Å². The van der Waals surface area contributed by atoms with Crippen LogP contribution in [-0.2, 0) is 6.54 Å². The molecule has 0 unspecified atom stereocenters. The molecule has 0 aliphatic heterocycles. The van der Waals surface area contributed by atoms with Crippen molar-refractivity contribution in [1.29, 1.82) is 0 Å². The zero-order chi connectivity index (χ0) is 19.8. The summed E-state index contributed by atoms with van der Waals surface area (Å²) in [6.07, 6.45) is 1.92. The van der Waals surface area contributed by atoms with Gasteiger partial charge in [-0.3, -0.25) is 9.69 Å². The van der Waals surface area contributed by atoms with Gasteiger partial charge >= 0.3 is 0 Å². The van der Waals surface area contributed by atoms with Gasteiger partial charge < -0.3 is 5.32 Å². The minimum absolute atomic E-state index is 0.103. The van der Waals surface area contributed by atoms with Crippen LogP contribution >= 0.6 is 0 Å². The lowest BCUT2D eigenvalue weighted by Crippen LogP contribution is -2.22. The molecule has 3 aromatic rings. The first-order valence-electron chi connectivity index (χ1n) is 9.59. The normalized spacial score (nSPS) is 10.6. The lowest BCUT2D eigenvalue weighted by molar-refractivity contribution is 0.102. The SMILES string of the molecule is C=CCN(CC)Cc1ccc(NC(=O)c2ccccc2-c2ccccc2)cc1. The van der Waals surface area contributed by atoms with Crippen LogP contribution in [0.5, 0.6) is 0 Å². The highest BCUT2D eigenvalue weighted by Crippen LogP contribution is 2.24. The van der Waals surface area contributed by atoms with Gasteiger partial charge in [0.15, 0.2) is 0 Å². The maximum Gasteiger partial charge on any atom is 0.256 e. The Morgan fingerprint density at radius 2 is 1.64 bits per heavy atom. The van der Waals surface area contributed by atoms with Gasteiger partial charge in [-0.05, 0) is 41.4 Å². The summed E-state index contributed by atoms with van der Waals surface area (Å²) >= 11 is 0. The molecule has 3 aromatic carbocycles. The summed E-state index contributed by atoms with van der Waals surface area (Å²) in [5.74, 6) is -0.103. The molecule has 0 saturated heterocycles. The van der Waals surface area contributed by atoms with E-state index in [0.717, 1.165) is 36.4 Å². The molecule has 3 nitrogen and oxygen atoms in total. The number of carbonyl (C=O) groups is 1. The number of nitrogens with zero attached hydrogens (tertiary/aromatic N) is 1. The summed E-state index contributed by atoms with van der Waals surface area (Å²) in [7, 11) is 0. The third kappa shape index (κ3) is 4.96. The standard InChI is InChI=1S/C25H26N2O/c1-3-18-27(4-2)19-20-14-16-22(17-15-20)26-25(28)24-13-9-8-12-23(24)21-10-6-5-7-11-21/h3,5-17H,1,4,18-19H2,2H3,(H,26,28). The van der Waals surface area contributed by atoms with Gasteiger partial charge in [-0.1, -0.05) is 73.7 Å². The van der Waals surface area contributed by atoms with Crippen molar-refractivity contribution >= 4 is 11.6 Å². The van der Waals surface area contributed by atoms with Crippen LogP contribution < -0.4 is 5.32 Å². The van der Waals surface area contributed by atoms with E-state index in [9.17, 15) is 4.79 Å². The van der Waals surface area contributed by atoms with Crippen LogP contribution in [0.15, 0.2) is 91.5 Å². The van der Waals surface area contributed by atoms with Crippen molar-refractivity contribution < 1.29 is 4.79 Å². The number of benzene rings is 3. The molecule has 0 fully saturated rings. The van der Waals surface area contributed by atoms with Crippen molar-refractivity contribution in [2.24, 2.45) is 0 Å². The van der Waals surface area contributed by atoms with Gasteiger partial charge in [0.1, 0.15) is 0 Å². The lowest BCUT2D eigenvalue weighted by atomic mass is 9.99. The minimum atomic E-state index is -0.103. The molecule has 1 N–H and O–H groups in total. The van der Waals surface area contributed by atoms with Gasteiger partial charge in [0.25, 0.3) is 5.91 Å². The lowest BCUT2D eigenvalue weighted by Gasteiger charge is -2.18. The van der Waals surface area contributed by atoms with Gasteiger partial charge in [-0.25, -0.2) is 0 Å². The van der Waals surface area contributed by atoms with Crippen LogP contribution in [0.2, 0.25) is 0 Å². The smallest absolute Gasteiger partial charge is 0.256 e. The van der Waals surface area contributed by atoms with Gasteiger partial charge in [-0.15, -0.1) is 6.58 Å². The molecule has 3 heteroatoms. The van der Waals surface area contributed by atoms with Crippen LogP contribution in [0.3, 0.4) is 0 Å². The van der Waals surface area contributed by atoms with Crippen molar-refractivity contribution in [3.63, 3.8) is 0 Å². The number of anilines is 1. The number of carbonyl (C=O) groups excluding carboxylic acids is 1. The monoisotopic (exact) mass is 370 g/mol. The minimum Gasteiger partial charge on any atom is -0.322 e. The van der Waals surface area contributed by atoms with E-state index in [1.165, 1.54) is 5.56 Å². The molecule has 0 atom stereocenters. The highest BCUT2D eigenvalue weighted by molar-refractivity contribution is 6.08. The molecule has 0 saturated carbocycles. The van der Waals surface area contributed by atoms with E-state index in [0.29, 0.717) is 5.56 Å². The van der Waals surface area contributed by atoms with E-state index in [-0.39, 0.29) is 5.91 Å². The second-order valence-electron chi connectivity index (χ2n) is 6.68. The number of hydrogen-bond donors (Lipinski definition) is 1. The summed E-state index contributed by atoms with van der Waals surface area (Å²) in [6.45, 7) is 8.65. The molecule has 0 spiro atoms. The molecular formula is C25H26N2O. The Kier molecular flexibility index (Phi) is 6.77. The molecule has 0 radical (unpaired) electrons. The Labute approximate surface area is 167 Å². The summed E-state index contributed by atoms with van der Waals surface area (Å²) in [4.78, 5) is 15.2. The Balaban J connectivity index is 1.73. The van der Waals surface area contributed by atoms with E-state index in [1.54, 1.807) is 0 Å². The van der Waals surface area contributed by atoms with Crippen molar-refractivity contribution in [2.75, 3.05) is 18.4 Å². The van der Waals surface area contributed by atoms with E-state index >= 15 is 0 Å². The van der Waals surface area contributed by atoms with E-state index in [2.05, 4.69) is 35.9 Å². The highest BCUT2D eigenvalue weighted by Gasteiger charge is 2.12. The van der Waals surface area contributed by atoms with Gasteiger partial charge in [0.05, 0.1) is 0 Å². The molecule has 0 aliphatic rings. The zero-order valence-corrected chi connectivity index (χ0v) is 16.3. The van der Waals surface area contributed by atoms with Crippen LogP contribution in [0.25, 0.3) is 11.1 Å². The fourth-order valence-electron chi connectivity index (χ4n) is 3.19. The fourth-order valence-corrected chi connectivity index (χ4v) is 3.19. The second kappa shape index (κ2) is 9.67. The molecule has 1 amide bonds. The number of hydrogen-bond acceptors (Lipinski definition) is 2. The first-order chi connectivity index (χ1) is 13.7. The maximum atomic E-state index is 12.9. The number of nitrogens with one attached hydrogen (secondary N) is 1. The average molecular weight is 370 g/mol. The Bertz CT molecular complexity index is 917. The predicted octanol–water partition coefficient (Wildman–Crippen LogP) is 5.61. The van der Waals surface area contributed by atoms with Gasteiger partial charge in [0, 0.05) is 24.3 Å². The first-order valence-corrected chi connectivity index (χ1v) is 9.59. The fraction of sp³-hybridized carbons (Fsp3) is 0.160. The zero-order valence-electron chi connectivity index (χ0n) is 16.3. The second-order valence-corrected chi connectivity index (χ2v) is 6.68. The molecule has 0 bridgehead atoms. The van der Waals surface area contributed by atoms with E-state index in [4.69, 9.17) is 0 Å². The van der Waals surface area contributed by atoms with Crippen molar-refractivity contribution in [1.82, 2.24) is 4.90 Å². The Hall–Kier alpha value is -3.17. The molecule has 28 heavy (non-hydrogen) atoms. The molecular weight excluding hydrogens is 344 g/mol. The van der Waals surface area contributed by atoms with Crippen LogP contribution in [0.1, 0.15) is 22.8 Å².